The number of carbonyl (C=O) groups is 1. The zero-order chi connectivity index (χ0) is 21.4. The maximum absolute atomic E-state index is 12.5. The third-order valence-electron chi connectivity index (χ3n) is 3.95. The topological polar surface area (TPSA) is 103 Å². The van der Waals surface area contributed by atoms with E-state index < -0.39 is 16.9 Å². The van der Waals surface area contributed by atoms with Gasteiger partial charge in [-0.15, -0.1) is 0 Å². The van der Waals surface area contributed by atoms with Crippen LogP contribution < -0.4 is 24.3 Å². The summed E-state index contributed by atoms with van der Waals surface area (Å²) in [6, 6.07) is 8.35. The molecule has 1 unspecified atom stereocenters. The molecule has 2 aromatic rings. The van der Waals surface area contributed by atoms with Crippen LogP contribution in [0, 0.1) is 0 Å². The molecule has 0 saturated carbocycles. The number of carboxylic acid groups (broad SMARTS) is 1. The zero-order valence-electron chi connectivity index (χ0n) is 16.6. The number of nitrogens with one attached hydrogen (secondary N) is 1. The van der Waals surface area contributed by atoms with Crippen molar-refractivity contribution in [2.24, 2.45) is 0 Å². The Bertz CT molecular complexity index is 902. The standard InChI is InChI=1S/C20H23NO7S/c1-25-14-10-18(27-3)15(19(11-14)28-4)7-8-29(24)12-13-5-6-17(26-2)16(9-13)21-20(22)23/h5-11,21H,12H2,1-4H3,(H,22,23)/b8-7+. The van der Waals surface area contributed by atoms with Crippen molar-refractivity contribution in [2.45, 2.75) is 5.75 Å². The number of methoxy groups -OCH3 is 4. The number of hydrogen-bond acceptors (Lipinski definition) is 6. The van der Waals surface area contributed by atoms with Crippen LogP contribution in [0.4, 0.5) is 10.5 Å². The number of benzene rings is 2. The molecule has 156 valence electrons. The van der Waals surface area contributed by atoms with Crippen molar-refractivity contribution in [3.05, 3.63) is 46.9 Å². The van der Waals surface area contributed by atoms with E-state index in [9.17, 15) is 9.00 Å². The van der Waals surface area contributed by atoms with E-state index in [4.69, 9.17) is 24.1 Å². The molecule has 0 radical (unpaired) electrons. The van der Waals surface area contributed by atoms with Gasteiger partial charge in [-0.05, 0) is 23.8 Å². The first-order valence-electron chi connectivity index (χ1n) is 8.44. The molecule has 0 spiro atoms. The second-order valence-corrected chi connectivity index (χ2v) is 7.06. The van der Waals surface area contributed by atoms with Gasteiger partial charge in [-0.1, -0.05) is 6.07 Å². The Balaban J connectivity index is 2.23. The molecule has 0 aliphatic heterocycles. The van der Waals surface area contributed by atoms with Crippen LogP contribution in [-0.2, 0) is 16.6 Å². The number of anilines is 1. The highest BCUT2D eigenvalue weighted by Crippen LogP contribution is 2.35. The van der Waals surface area contributed by atoms with Crippen molar-refractivity contribution >= 4 is 28.7 Å². The van der Waals surface area contributed by atoms with Crippen molar-refractivity contribution in [3.8, 4) is 23.0 Å². The lowest BCUT2D eigenvalue weighted by Crippen LogP contribution is -2.09. The van der Waals surface area contributed by atoms with Gasteiger partial charge in [0.05, 0.1) is 56.2 Å². The number of ether oxygens (including phenoxy) is 4. The SMILES string of the molecule is COc1cc(OC)c(/C=C/S(=O)Cc2ccc(OC)c(NC(=O)O)c2)c(OC)c1. The van der Waals surface area contributed by atoms with Crippen molar-refractivity contribution in [3.63, 3.8) is 0 Å². The van der Waals surface area contributed by atoms with E-state index in [1.165, 1.54) is 26.7 Å². The summed E-state index contributed by atoms with van der Waals surface area (Å²) in [5, 5.41) is 12.7. The third-order valence-corrected chi connectivity index (χ3v) is 5.01. The summed E-state index contributed by atoms with van der Waals surface area (Å²) >= 11 is 0. The summed E-state index contributed by atoms with van der Waals surface area (Å²) in [6.07, 6.45) is 0.452. The molecule has 0 heterocycles. The predicted octanol–water partition coefficient (Wildman–Crippen LogP) is 3.73. The first-order valence-corrected chi connectivity index (χ1v) is 9.82. The van der Waals surface area contributed by atoms with E-state index in [0.717, 1.165) is 0 Å². The average Bonchev–Trinajstić information content (AvgIpc) is 2.71. The summed E-state index contributed by atoms with van der Waals surface area (Å²) in [6.45, 7) is 0. The first kappa shape index (κ1) is 22.1. The van der Waals surface area contributed by atoms with Crippen LogP contribution in [0.25, 0.3) is 6.08 Å². The molecule has 2 aromatic carbocycles. The van der Waals surface area contributed by atoms with Crippen LogP contribution in [0.2, 0.25) is 0 Å². The van der Waals surface area contributed by atoms with E-state index in [1.54, 1.807) is 43.5 Å². The Hall–Kier alpha value is -3.20. The number of hydrogen-bond donors (Lipinski definition) is 2. The highest BCUT2D eigenvalue weighted by molar-refractivity contribution is 7.87. The molecule has 0 aromatic heterocycles. The molecule has 0 saturated heterocycles. The Morgan fingerprint density at radius 1 is 1.00 bits per heavy atom. The molecule has 2 N–H and O–H groups in total. The zero-order valence-corrected chi connectivity index (χ0v) is 17.4. The number of rotatable bonds is 9. The third kappa shape index (κ3) is 5.89. The van der Waals surface area contributed by atoms with Crippen molar-refractivity contribution < 1.29 is 33.1 Å². The Morgan fingerprint density at radius 2 is 1.62 bits per heavy atom. The van der Waals surface area contributed by atoms with Gasteiger partial charge in [0, 0.05) is 17.5 Å². The van der Waals surface area contributed by atoms with E-state index in [1.807, 2.05) is 0 Å². The average molecular weight is 421 g/mol. The van der Waals surface area contributed by atoms with Gasteiger partial charge in [-0.3, -0.25) is 9.53 Å². The smallest absolute Gasteiger partial charge is 0.409 e. The molecule has 0 fully saturated rings. The van der Waals surface area contributed by atoms with Crippen molar-refractivity contribution in [1.29, 1.82) is 0 Å². The molecule has 2 rings (SSSR count). The van der Waals surface area contributed by atoms with Gasteiger partial charge in [0.15, 0.2) is 0 Å². The summed E-state index contributed by atoms with van der Waals surface area (Å²) in [4.78, 5) is 10.9. The molecule has 0 aliphatic carbocycles. The summed E-state index contributed by atoms with van der Waals surface area (Å²) in [5.41, 5.74) is 1.61. The summed E-state index contributed by atoms with van der Waals surface area (Å²) in [7, 11) is 4.67. The quantitative estimate of drug-likeness (QED) is 0.636. The van der Waals surface area contributed by atoms with Gasteiger partial charge in [0.1, 0.15) is 23.0 Å². The van der Waals surface area contributed by atoms with Crippen molar-refractivity contribution in [1.82, 2.24) is 0 Å². The fourth-order valence-corrected chi connectivity index (χ4v) is 3.50. The normalized spacial score (nSPS) is 11.7. The van der Waals surface area contributed by atoms with Gasteiger partial charge in [0.2, 0.25) is 0 Å². The Labute approximate surface area is 171 Å². The van der Waals surface area contributed by atoms with Crippen LogP contribution in [-0.4, -0.2) is 43.8 Å². The van der Waals surface area contributed by atoms with Gasteiger partial charge < -0.3 is 24.1 Å². The fourth-order valence-electron chi connectivity index (χ4n) is 2.61. The van der Waals surface area contributed by atoms with Gasteiger partial charge in [0.25, 0.3) is 0 Å². The summed E-state index contributed by atoms with van der Waals surface area (Å²) < 4.78 is 33.6. The van der Waals surface area contributed by atoms with E-state index in [0.29, 0.717) is 34.1 Å². The van der Waals surface area contributed by atoms with Crippen molar-refractivity contribution in [2.75, 3.05) is 33.8 Å². The van der Waals surface area contributed by atoms with Gasteiger partial charge in [-0.25, -0.2) is 4.79 Å². The van der Waals surface area contributed by atoms with Crippen LogP contribution in [0.3, 0.4) is 0 Å². The maximum atomic E-state index is 12.5. The number of amides is 1. The second kappa shape index (κ2) is 10.4. The minimum atomic E-state index is -1.37. The van der Waals surface area contributed by atoms with E-state index in [-0.39, 0.29) is 11.4 Å². The van der Waals surface area contributed by atoms with E-state index in [2.05, 4.69) is 5.32 Å². The molecular weight excluding hydrogens is 398 g/mol. The predicted molar refractivity (Wildman–Crippen MR) is 112 cm³/mol. The molecule has 29 heavy (non-hydrogen) atoms. The highest BCUT2D eigenvalue weighted by Gasteiger charge is 2.12. The van der Waals surface area contributed by atoms with Crippen LogP contribution in [0.5, 0.6) is 23.0 Å². The lowest BCUT2D eigenvalue weighted by molar-refractivity contribution is 0.209. The molecule has 8 nitrogen and oxygen atoms in total. The molecule has 0 bridgehead atoms. The highest BCUT2D eigenvalue weighted by atomic mass is 32.2. The van der Waals surface area contributed by atoms with Gasteiger partial charge >= 0.3 is 6.09 Å². The largest absolute Gasteiger partial charge is 0.496 e. The van der Waals surface area contributed by atoms with Gasteiger partial charge in [-0.2, -0.15) is 0 Å². The summed E-state index contributed by atoms with van der Waals surface area (Å²) in [5.74, 6) is 2.19. The van der Waals surface area contributed by atoms with Crippen LogP contribution >= 0.6 is 0 Å². The minimum absolute atomic E-state index is 0.190. The Morgan fingerprint density at radius 3 is 2.14 bits per heavy atom. The minimum Gasteiger partial charge on any atom is -0.496 e. The Kier molecular flexibility index (Phi) is 7.90. The monoisotopic (exact) mass is 421 g/mol. The van der Waals surface area contributed by atoms with Crippen LogP contribution in [0.15, 0.2) is 35.7 Å². The van der Waals surface area contributed by atoms with Crippen LogP contribution in [0.1, 0.15) is 11.1 Å². The molecule has 0 aliphatic rings. The molecule has 1 amide bonds. The maximum Gasteiger partial charge on any atom is 0.409 e. The molecular formula is C20H23NO7S. The lowest BCUT2D eigenvalue weighted by atomic mass is 10.1. The first-order chi connectivity index (χ1) is 13.9. The van der Waals surface area contributed by atoms with E-state index >= 15 is 0 Å². The molecule has 9 heteroatoms. The molecule has 1 atom stereocenters. The fraction of sp³-hybridized carbons (Fsp3) is 0.250. The lowest BCUT2D eigenvalue weighted by Gasteiger charge is -2.12. The second-order valence-electron chi connectivity index (χ2n) is 5.74.